The van der Waals surface area contributed by atoms with Crippen LogP contribution in [0.25, 0.3) is 0 Å². The van der Waals surface area contributed by atoms with Crippen LogP contribution in [0.4, 0.5) is 23.0 Å². The van der Waals surface area contributed by atoms with E-state index >= 15 is 0 Å². The van der Waals surface area contributed by atoms with E-state index in [-0.39, 0.29) is 43.3 Å². The van der Waals surface area contributed by atoms with Gasteiger partial charge in [0.2, 0.25) is 11.6 Å². The van der Waals surface area contributed by atoms with Gasteiger partial charge >= 0.3 is 5.69 Å². The van der Waals surface area contributed by atoms with Crippen LogP contribution in [0.3, 0.4) is 0 Å². The first-order valence-electron chi connectivity index (χ1n) is 7.47. The Bertz CT molecular complexity index is 793. The third-order valence-electron chi connectivity index (χ3n) is 3.31. The molecular weight excluding hydrogens is 322 g/mol. The van der Waals surface area contributed by atoms with Crippen molar-refractivity contribution >= 4 is 23.0 Å². The quantitative estimate of drug-likeness (QED) is 0.574. The first-order valence-corrected chi connectivity index (χ1v) is 7.47. The lowest BCUT2D eigenvalue weighted by atomic mass is 10.3. The molecule has 0 radical (unpaired) electrons. The van der Waals surface area contributed by atoms with Gasteiger partial charge in [0.1, 0.15) is 6.33 Å². The fourth-order valence-corrected chi connectivity index (χ4v) is 2.21. The zero-order chi connectivity index (χ0) is 18.1. The summed E-state index contributed by atoms with van der Waals surface area (Å²) in [4.78, 5) is 20.6. The van der Waals surface area contributed by atoms with Crippen LogP contribution in [0, 0.1) is 32.8 Å². The summed E-state index contributed by atoms with van der Waals surface area (Å²) in [6, 6.07) is 12.9. The highest BCUT2D eigenvalue weighted by molar-refractivity contribution is 5.74. The van der Waals surface area contributed by atoms with Crippen molar-refractivity contribution in [3.05, 3.63) is 46.8 Å². The summed E-state index contributed by atoms with van der Waals surface area (Å²) < 4.78 is 0. The van der Waals surface area contributed by atoms with Crippen LogP contribution >= 0.6 is 0 Å². The first kappa shape index (κ1) is 17.6. The van der Waals surface area contributed by atoms with E-state index in [1.807, 2.05) is 18.2 Å². The van der Waals surface area contributed by atoms with Gasteiger partial charge in [-0.3, -0.25) is 10.1 Å². The van der Waals surface area contributed by atoms with Gasteiger partial charge < -0.3 is 10.2 Å². The Morgan fingerprint density at radius 2 is 1.76 bits per heavy atom. The molecule has 1 aromatic heterocycles. The number of para-hydroxylation sites is 1. The van der Waals surface area contributed by atoms with E-state index in [9.17, 15) is 10.1 Å². The minimum absolute atomic E-state index is 0.0557. The summed E-state index contributed by atoms with van der Waals surface area (Å²) in [7, 11) is 0. The van der Waals surface area contributed by atoms with Crippen molar-refractivity contribution < 1.29 is 4.92 Å². The molecule has 2 rings (SSSR count). The molecule has 0 fully saturated rings. The van der Waals surface area contributed by atoms with Gasteiger partial charge in [-0.25, -0.2) is 9.97 Å². The summed E-state index contributed by atoms with van der Waals surface area (Å²) in [5, 5.41) is 32.1. The molecular formula is C16H15N7O2. The molecule has 2 aromatic rings. The molecule has 0 spiro atoms. The number of nitro groups is 1. The van der Waals surface area contributed by atoms with Crippen LogP contribution in [0.5, 0.6) is 0 Å². The number of hydrogen-bond donors (Lipinski definition) is 1. The highest BCUT2D eigenvalue weighted by Crippen LogP contribution is 2.33. The number of anilines is 3. The molecule has 126 valence electrons. The summed E-state index contributed by atoms with van der Waals surface area (Å²) in [6.45, 7) is 0.474. The van der Waals surface area contributed by atoms with Gasteiger partial charge in [0.15, 0.2) is 0 Å². The average molecular weight is 337 g/mol. The van der Waals surface area contributed by atoms with Crippen molar-refractivity contribution in [3.8, 4) is 12.1 Å². The van der Waals surface area contributed by atoms with Crippen LogP contribution in [-0.2, 0) is 0 Å². The Morgan fingerprint density at radius 1 is 1.12 bits per heavy atom. The Hall–Kier alpha value is -3.72. The molecule has 9 heteroatoms. The second-order valence-corrected chi connectivity index (χ2v) is 4.95. The van der Waals surface area contributed by atoms with E-state index in [1.54, 1.807) is 29.2 Å². The van der Waals surface area contributed by atoms with Gasteiger partial charge in [-0.05, 0) is 12.1 Å². The summed E-state index contributed by atoms with van der Waals surface area (Å²) in [5.41, 5.74) is 0.359. The minimum atomic E-state index is -0.563. The molecule has 1 aromatic carbocycles. The topological polar surface area (TPSA) is 132 Å². The zero-order valence-corrected chi connectivity index (χ0v) is 13.3. The number of aromatic nitrogens is 2. The van der Waals surface area contributed by atoms with E-state index in [1.165, 1.54) is 6.33 Å². The Balaban J connectivity index is 2.42. The Morgan fingerprint density at radius 3 is 2.32 bits per heavy atom. The molecule has 0 unspecified atom stereocenters. The van der Waals surface area contributed by atoms with Crippen LogP contribution in [0.1, 0.15) is 12.8 Å². The standard InChI is InChI=1S/C16H15N7O2/c17-8-4-10-22(11-5-9-18)16-14(23(24)25)15(19-12-20-16)21-13-6-2-1-3-7-13/h1-3,6-7,12H,4-5,10-11H2,(H,19,20,21). The van der Waals surface area contributed by atoms with Crippen molar-refractivity contribution in [1.29, 1.82) is 10.5 Å². The molecule has 0 saturated carbocycles. The summed E-state index contributed by atoms with van der Waals surface area (Å²) in [5.74, 6) is 0.143. The molecule has 0 aliphatic heterocycles. The molecule has 0 saturated heterocycles. The lowest BCUT2D eigenvalue weighted by Crippen LogP contribution is -2.27. The Kier molecular flexibility index (Phi) is 6.20. The van der Waals surface area contributed by atoms with E-state index in [2.05, 4.69) is 15.3 Å². The van der Waals surface area contributed by atoms with Crippen LogP contribution in [-0.4, -0.2) is 28.0 Å². The maximum Gasteiger partial charge on any atom is 0.353 e. The normalized spacial score (nSPS) is 9.68. The summed E-state index contributed by atoms with van der Waals surface area (Å²) in [6.07, 6.45) is 1.54. The third kappa shape index (κ3) is 4.62. The third-order valence-corrected chi connectivity index (χ3v) is 3.31. The van der Waals surface area contributed by atoms with Crippen molar-refractivity contribution in [2.24, 2.45) is 0 Å². The Labute approximate surface area is 144 Å². The number of nitriles is 2. The SMILES string of the molecule is N#CCCN(CCC#N)c1ncnc(Nc2ccccc2)c1[N+](=O)[O-]. The second kappa shape index (κ2) is 8.79. The van der Waals surface area contributed by atoms with E-state index in [0.717, 1.165) is 0 Å². The van der Waals surface area contributed by atoms with E-state index in [4.69, 9.17) is 10.5 Å². The molecule has 0 aliphatic carbocycles. The molecule has 0 aliphatic rings. The van der Waals surface area contributed by atoms with Gasteiger partial charge in [-0.1, -0.05) is 18.2 Å². The largest absolute Gasteiger partial charge is 0.353 e. The molecule has 0 atom stereocenters. The molecule has 0 bridgehead atoms. The fraction of sp³-hybridized carbons (Fsp3) is 0.250. The van der Waals surface area contributed by atoms with Crippen LogP contribution in [0.2, 0.25) is 0 Å². The predicted molar refractivity (Wildman–Crippen MR) is 91.1 cm³/mol. The fourth-order valence-electron chi connectivity index (χ4n) is 2.21. The van der Waals surface area contributed by atoms with Gasteiger partial charge in [0.05, 0.1) is 29.9 Å². The van der Waals surface area contributed by atoms with Crippen LogP contribution < -0.4 is 10.2 Å². The number of benzene rings is 1. The lowest BCUT2D eigenvalue weighted by molar-refractivity contribution is -0.383. The van der Waals surface area contributed by atoms with Crippen LogP contribution in [0.15, 0.2) is 36.7 Å². The molecule has 0 amide bonds. The summed E-state index contributed by atoms with van der Waals surface area (Å²) >= 11 is 0. The molecule has 1 N–H and O–H groups in total. The van der Waals surface area contributed by atoms with E-state index < -0.39 is 4.92 Å². The van der Waals surface area contributed by atoms with Gasteiger partial charge in [-0.15, -0.1) is 0 Å². The average Bonchev–Trinajstić information content (AvgIpc) is 2.62. The highest BCUT2D eigenvalue weighted by Gasteiger charge is 2.27. The number of rotatable bonds is 8. The monoisotopic (exact) mass is 337 g/mol. The molecule has 1 heterocycles. The van der Waals surface area contributed by atoms with Gasteiger partial charge in [0.25, 0.3) is 0 Å². The number of nitrogens with zero attached hydrogens (tertiary/aromatic N) is 6. The first-order chi connectivity index (χ1) is 12.2. The van der Waals surface area contributed by atoms with Crippen molar-refractivity contribution in [2.75, 3.05) is 23.3 Å². The van der Waals surface area contributed by atoms with Crippen molar-refractivity contribution in [2.45, 2.75) is 12.8 Å². The maximum atomic E-state index is 11.6. The number of nitrogens with one attached hydrogen (secondary N) is 1. The minimum Gasteiger partial charge on any atom is -0.349 e. The molecule has 9 nitrogen and oxygen atoms in total. The number of hydrogen-bond acceptors (Lipinski definition) is 8. The van der Waals surface area contributed by atoms with Gasteiger partial charge in [0, 0.05) is 18.8 Å². The smallest absolute Gasteiger partial charge is 0.349 e. The van der Waals surface area contributed by atoms with E-state index in [0.29, 0.717) is 5.69 Å². The van der Waals surface area contributed by atoms with Crippen molar-refractivity contribution in [3.63, 3.8) is 0 Å². The zero-order valence-electron chi connectivity index (χ0n) is 13.3. The molecule has 25 heavy (non-hydrogen) atoms. The highest BCUT2D eigenvalue weighted by atomic mass is 16.6. The van der Waals surface area contributed by atoms with Crippen molar-refractivity contribution in [1.82, 2.24) is 9.97 Å². The predicted octanol–water partition coefficient (Wildman–Crippen LogP) is 2.76. The second-order valence-electron chi connectivity index (χ2n) is 4.95. The maximum absolute atomic E-state index is 11.6. The lowest BCUT2D eigenvalue weighted by Gasteiger charge is -2.21. The van der Waals surface area contributed by atoms with Gasteiger partial charge in [-0.2, -0.15) is 10.5 Å².